The average molecular weight is 408 g/mol. The first-order valence-electron chi connectivity index (χ1n) is 8.11. The number of amides is 1. The number of carbonyl (C=O) groups is 1. The molecule has 1 aliphatic heterocycles. The quantitative estimate of drug-likeness (QED) is 0.698. The van der Waals surface area contributed by atoms with E-state index in [9.17, 15) is 13.2 Å². The minimum absolute atomic E-state index is 0. The Hall–Kier alpha value is -1.39. The fourth-order valence-electron chi connectivity index (χ4n) is 2.55. The summed E-state index contributed by atoms with van der Waals surface area (Å²) < 4.78 is 37.6. The van der Waals surface area contributed by atoms with Crippen LogP contribution < -0.4 is 15.4 Å². The van der Waals surface area contributed by atoms with Crippen LogP contribution >= 0.6 is 12.4 Å². The van der Waals surface area contributed by atoms with Crippen LogP contribution in [0.15, 0.2) is 23.1 Å². The summed E-state index contributed by atoms with van der Waals surface area (Å²) in [6, 6.07) is 4.61. The molecule has 1 aromatic rings. The molecule has 1 amide bonds. The summed E-state index contributed by atoms with van der Waals surface area (Å²) in [4.78, 5) is 12.2. The molecule has 1 aromatic carbocycles. The zero-order chi connectivity index (χ0) is 18.4. The molecule has 148 valence electrons. The van der Waals surface area contributed by atoms with Crippen LogP contribution in [0.5, 0.6) is 5.75 Å². The van der Waals surface area contributed by atoms with E-state index in [1.165, 1.54) is 17.5 Å². The third-order valence-corrected chi connectivity index (χ3v) is 5.90. The second kappa shape index (κ2) is 10.1. The first-order chi connectivity index (χ1) is 11.9. The number of ether oxygens (including phenoxy) is 2. The maximum atomic E-state index is 12.9. The number of methoxy groups -OCH3 is 1. The van der Waals surface area contributed by atoms with Gasteiger partial charge >= 0.3 is 0 Å². The number of rotatable bonds is 7. The van der Waals surface area contributed by atoms with Crippen LogP contribution in [0.3, 0.4) is 0 Å². The topological polar surface area (TPSA) is 97.0 Å². The van der Waals surface area contributed by atoms with Crippen molar-refractivity contribution in [1.82, 2.24) is 9.62 Å². The molecule has 10 heteroatoms. The van der Waals surface area contributed by atoms with Gasteiger partial charge < -0.3 is 20.1 Å². The Morgan fingerprint density at radius 3 is 2.58 bits per heavy atom. The monoisotopic (exact) mass is 407 g/mol. The second-order valence-electron chi connectivity index (χ2n) is 5.83. The number of halogens is 1. The van der Waals surface area contributed by atoms with Gasteiger partial charge in [-0.1, -0.05) is 6.92 Å². The van der Waals surface area contributed by atoms with Crippen molar-refractivity contribution in [3.63, 3.8) is 0 Å². The summed E-state index contributed by atoms with van der Waals surface area (Å²) in [6.45, 7) is 3.63. The van der Waals surface area contributed by atoms with Gasteiger partial charge in [-0.25, -0.2) is 8.42 Å². The van der Waals surface area contributed by atoms with E-state index in [2.05, 4.69) is 10.6 Å². The third kappa shape index (κ3) is 5.31. The van der Waals surface area contributed by atoms with Crippen LogP contribution in [0.2, 0.25) is 0 Å². The van der Waals surface area contributed by atoms with Gasteiger partial charge in [0.05, 0.1) is 20.3 Å². The van der Waals surface area contributed by atoms with Gasteiger partial charge in [0, 0.05) is 31.2 Å². The summed E-state index contributed by atoms with van der Waals surface area (Å²) in [5, 5.41) is 5.69. The van der Waals surface area contributed by atoms with Crippen LogP contribution in [0.4, 0.5) is 5.69 Å². The molecule has 2 rings (SSSR count). The van der Waals surface area contributed by atoms with E-state index in [-0.39, 0.29) is 34.9 Å². The maximum Gasteiger partial charge on any atom is 0.246 e. The number of anilines is 1. The highest BCUT2D eigenvalue weighted by Gasteiger charge is 2.29. The summed E-state index contributed by atoms with van der Waals surface area (Å²) in [5.74, 6) is -0.187. The van der Waals surface area contributed by atoms with Gasteiger partial charge in [-0.2, -0.15) is 4.31 Å². The normalized spacial score (nSPS) is 16.4. The van der Waals surface area contributed by atoms with Crippen molar-refractivity contribution in [3.8, 4) is 5.75 Å². The molecule has 1 fully saturated rings. The number of benzene rings is 1. The standard InChI is InChI=1S/C16H25N3O5S.ClH/c1-12(11-17-2)16(20)18-13-4-5-14(23-3)15(10-13)25(21,22)19-6-8-24-9-7-19;/h4-5,10,12,17H,6-9,11H2,1-3H3,(H,18,20);1H. The summed E-state index contributed by atoms with van der Waals surface area (Å²) in [6.07, 6.45) is 0. The molecule has 1 heterocycles. The first-order valence-corrected chi connectivity index (χ1v) is 9.55. The zero-order valence-electron chi connectivity index (χ0n) is 15.1. The average Bonchev–Trinajstić information content (AvgIpc) is 2.62. The smallest absolute Gasteiger partial charge is 0.246 e. The minimum atomic E-state index is -3.73. The van der Waals surface area contributed by atoms with Crippen LogP contribution in [-0.2, 0) is 19.6 Å². The lowest BCUT2D eigenvalue weighted by Crippen LogP contribution is -2.40. The van der Waals surface area contributed by atoms with E-state index in [0.717, 1.165) is 0 Å². The highest BCUT2D eigenvalue weighted by molar-refractivity contribution is 7.89. The predicted octanol–water partition coefficient (Wildman–Crippen LogP) is 0.932. The number of morpholine rings is 1. The fourth-order valence-corrected chi connectivity index (χ4v) is 4.14. The Bertz CT molecular complexity index is 708. The number of hydrogen-bond acceptors (Lipinski definition) is 6. The summed E-state index contributed by atoms with van der Waals surface area (Å²) in [5.41, 5.74) is 0.417. The highest BCUT2D eigenvalue weighted by atomic mass is 35.5. The van der Waals surface area contributed by atoms with E-state index < -0.39 is 10.0 Å². The molecule has 0 bridgehead atoms. The summed E-state index contributed by atoms with van der Waals surface area (Å²) in [7, 11) is -0.543. The fraction of sp³-hybridized carbons (Fsp3) is 0.562. The highest BCUT2D eigenvalue weighted by Crippen LogP contribution is 2.30. The Morgan fingerprint density at radius 1 is 1.35 bits per heavy atom. The van der Waals surface area contributed by atoms with Crippen molar-refractivity contribution < 1.29 is 22.7 Å². The van der Waals surface area contributed by atoms with Gasteiger partial charge in [-0.3, -0.25) is 4.79 Å². The van der Waals surface area contributed by atoms with Gasteiger partial charge in [0.15, 0.2) is 0 Å². The molecule has 1 atom stereocenters. The SMILES string of the molecule is CNCC(C)C(=O)Nc1ccc(OC)c(S(=O)(=O)N2CCOCC2)c1.Cl. The van der Waals surface area contributed by atoms with Crippen molar-refractivity contribution in [3.05, 3.63) is 18.2 Å². The minimum Gasteiger partial charge on any atom is -0.495 e. The number of sulfonamides is 1. The number of hydrogen-bond donors (Lipinski definition) is 2. The Labute approximate surface area is 160 Å². The molecule has 8 nitrogen and oxygen atoms in total. The molecule has 0 radical (unpaired) electrons. The number of nitrogens with zero attached hydrogens (tertiary/aromatic N) is 1. The van der Waals surface area contributed by atoms with E-state index in [0.29, 0.717) is 38.5 Å². The molecule has 0 saturated carbocycles. The van der Waals surface area contributed by atoms with Gasteiger partial charge in [0.2, 0.25) is 15.9 Å². The zero-order valence-corrected chi connectivity index (χ0v) is 16.8. The molecular formula is C16H26ClN3O5S. The molecule has 0 aromatic heterocycles. The largest absolute Gasteiger partial charge is 0.495 e. The van der Waals surface area contributed by atoms with Crippen molar-refractivity contribution in [2.75, 3.05) is 52.3 Å². The molecule has 1 unspecified atom stereocenters. The van der Waals surface area contributed by atoms with Gasteiger partial charge in [-0.15, -0.1) is 12.4 Å². The van der Waals surface area contributed by atoms with Crippen LogP contribution in [0.1, 0.15) is 6.92 Å². The Morgan fingerprint density at radius 2 is 2.00 bits per heavy atom. The van der Waals surface area contributed by atoms with Crippen molar-refractivity contribution in [2.45, 2.75) is 11.8 Å². The van der Waals surface area contributed by atoms with E-state index in [1.807, 2.05) is 0 Å². The third-order valence-electron chi connectivity index (χ3n) is 3.98. The Kier molecular flexibility index (Phi) is 8.78. The molecule has 1 aliphatic rings. The van der Waals surface area contributed by atoms with Gasteiger partial charge in [0.1, 0.15) is 10.6 Å². The van der Waals surface area contributed by atoms with Crippen LogP contribution in [0, 0.1) is 5.92 Å². The molecule has 0 aliphatic carbocycles. The molecule has 2 N–H and O–H groups in total. The van der Waals surface area contributed by atoms with Crippen molar-refractivity contribution in [1.29, 1.82) is 0 Å². The lowest BCUT2D eigenvalue weighted by atomic mass is 10.1. The van der Waals surface area contributed by atoms with Crippen molar-refractivity contribution in [2.24, 2.45) is 5.92 Å². The second-order valence-corrected chi connectivity index (χ2v) is 7.74. The molecule has 26 heavy (non-hydrogen) atoms. The van der Waals surface area contributed by atoms with Crippen LogP contribution in [0.25, 0.3) is 0 Å². The van der Waals surface area contributed by atoms with Gasteiger partial charge in [0.25, 0.3) is 0 Å². The van der Waals surface area contributed by atoms with E-state index >= 15 is 0 Å². The van der Waals surface area contributed by atoms with E-state index in [4.69, 9.17) is 9.47 Å². The van der Waals surface area contributed by atoms with E-state index in [1.54, 1.807) is 26.1 Å². The molecule has 0 spiro atoms. The molecule has 1 saturated heterocycles. The Balaban J connectivity index is 0.00000338. The number of nitrogens with one attached hydrogen (secondary N) is 2. The lowest BCUT2D eigenvalue weighted by molar-refractivity contribution is -0.119. The van der Waals surface area contributed by atoms with Crippen LogP contribution in [-0.4, -0.2) is 65.6 Å². The number of carbonyl (C=O) groups excluding carboxylic acids is 1. The molecular weight excluding hydrogens is 382 g/mol. The van der Waals surface area contributed by atoms with Crippen molar-refractivity contribution >= 4 is 34.0 Å². The lowest BCUT2D eigenvalue weighted by Gasteiger charge is -2.27. The summed E-state index contributed by atoms with van der Waals surface area (Å²) >= 11 is 0. The maximum absolute atomic E-state index is 12.9. The predicted molar refractivity (Wildman–Crippen MR) is 102 cm³/mol. The first kappa shape index (κ1) is 22.7. The van der Waals surface area contributed by atoms with Gasteiger partial charge in [-0.05, 0) is 25.2 Å².